The third-order valence-corrected chi connectivity index (χ3v) is 0.412. The number of hydrogen-bond acceptors (Lipinski definition) is 3. The Labute approximate surface area is 77.7 Å². The van der Waals surface area contributed by atoms with Gasteiger partial charge in [-0.1, -0.05) is 6.92 Å². The molecule has 48 valence electrons. The molecule has 0 saturated heterocycles. The molecule has 0 rings (SSSR count). The zero-order valence-electron chi connectivity index (χ0n) is 7.22. The number of carboxylic acids is 1. The average molecular weight is 145 g/mol. The Morgan fingerprint density at radius 1 is 1.67 bits per heavy atom. The number of hydrogen-bond donors (Lipinski definition) is 0. The molecule has 0 unspecified atom stereocenters. The number of carboxylic acid groups (broad SMARTS) is 1. The molecule has 2 N–H and O–H groups in total. The Morgan fingerprint density at radius 3 is 2.00 bits per heavy atom. The number of ketones is 1. The third kappa shape index (κ3) is 8.10. The van der Waals surface area contributed by atoms with Crippen LogP contribution in [0.25, 0.3) is 0 Å². The summed E-state index contributed by atoms with van der Waals surface area (Å²) in [6.07, 6.45) is -2.32. The summed E-state index contributed by atoms with van der Waals surface area (Å²) in [5, 5.41) is 9.65. The zero-order chi connectivity index (χ0) is 7.65. The van der Waals surface area contributed by atoms with Gasteiger partial charge in [0.15, 0.2) is 5.78 Å². The van der Waals surface area contributed by atoms with Crippen molar-refractivity contribution >= 4 is 11.8 Å². The summed E-state index contributed by atoms with van der Waals surface area (Å²) < 4.78 is 13.1. The van der Waals surface area contributed by atoms with Gasteiger partial charge in [0.2, 0.25) is 0 Å². The van der Waals surface area contributed by atoms with Gasteiger partial charge in [-0.05, 0) is 0 Å². The summed E-state index contributed by atoms with van der Waals surface area (Å²) in [7, 11) is 0. The van der Waals surface area contributed by atoms with Crippen molar-refractivity contribution in [3.63, 3.8) is 0 Å². The van der Waals surface area contributed by atoms with Crippen molar-refractivity contribution in [2.24, 2.45) is 0 Å². The molecule has 0 heterocycles. The molecule has 5 heteroatoms. The van der Waals surface area contributed by atoms with Crippen LogP contribution in [0.3, 0.4) is 0 Å². The molecule has 0 amide bonds. The van der Waals surface area contributed by atoms with Crippen LogP contribution in [-0.4, -0.2) is 17.2 Å². The van der Waals surface area contributed by atoms with Crippen LogP contribution in [0.15, 0.2) is 0 Å². The van der Waals surface area contributed by atoms with Crippen molar-refractivity contribution in [1.29, 1.82) is 0 Å². The van der Waals surface area contributed by atoms with Gasteiger partial charge in [0.05, 0.1) is 0 Å². The second-order valence-corrected chi connectivity index (χ2v) is 0.867. The maximum Gasteiger partial charge on any atom is 1.00 e. The second-order valence-electron chi connectivity index (χ2n) is 0.867. The molecule has 4 nitrogen and oxygen atoms in total. The number of carbonyl (C=O) groups excluding carboxylic acids is 2. The Balaban J connectivity index is -0.000000320. The van der Waals surface area contributed by atoms with Crippen molar-refractivity contribution in [2.75, 3.05) is 0 Å². The van der Waals surface area contributed by atoms with Gasteiger partial charge in [0.25, 0.3) is 0 Å². The number of aliphatic carboxylic acids is 1. The second kappa shape index (κ2) is 8.10. The van der Waals surface area contributed by atoms with Crippen LogP contribution in [0.4, 0.5) is 0 Å². The molecular formula is C4H7NaO4. The minimum atomic E-state index is -2.32. The SMILES string of the molecule is O.[2H]C([2H])([13CH3])C(=O)C(=O)[O-].[Na+]. The third-order valence-electron chi connectivity index (χ3n) is 0.412. The van der Waals surface area contributed by atoms with Crippen LogP contribution >= 0.6 is 0 Å². The van der Waals surface area contributed by atoms with Crippen molar-refractivity contribution in [1.82, 2.24) is 0 Å². The van der Waals surface area contributed by atoms with Crippen LogP contribution in [0, 0.1) is 0 Å². The van der Waals surface area contributed by atoms with E-state index in [1.54, 1.807) is 0 Å². The van der Waals surface area contributed by atoms with Crippen LogP contribution in [-0.2, 0) is 9.59 Å². The van der Waals surface area contributed by atoms with Gasteiger partial charge in [-0.2, -0.15) is 0 Å². The quantitative estimate of drug-likeness (QED) is 0.221. The van der Waals surface area contributed by atoms with Crippen molar-refractivity contribution in [2.45, 2.75) is 13.3 Å². The van der Waals surface area contributed by atoms with Gasteiger partial charge in [0, 0.05) is 9.11 Å². The van der Waals surface area contributed by atoms with Crippen LogP contribution in [0.1, 0.15) is 16.0 Å². The van der Waals surface area contributed by atoms with Crippen LogP contribution in [0.2, 0.25) is 0 Å². The van der Waals surface area contributed by atoms with E-state index in [0.29, 0.717) is 0 Å². The molecule has 0 radical (unpaired) electrons. The topological polar surface area (TPSA) is 88.7 Å². The predicted molar refractivity (Wildman–Crippen MR) is 23.9 cm³/mol. The van der Waals surface area contributed by atoms with E-state index in [1.165, 1.54) is 0 Å². The van der Waals surface area contributed by atoms with Crippen LogP contribution < -0.4 is 34.7 Å². The van der Waals surface area contributed by atoms with E-state index >= 15 is 0 Å². The molecule has 9 heavy (non-hydrogen) atoms. The Morgan fingerprint density at radius 2 is 2.00 bits per heavy atom. The fourth-order valence-corrected chi connectivity index (χ4v) is 0.102. The minimum absolute atomic E-state index is 0. The van der Waals surface area contributed by atoms with E-state index in [4.69, 9.17) is 2.74 Å². The first-order chi connectivity index (χ1) is 3.85. The van der Waals surface area contributed by atoms with Gasteiger partial charge in [-0.15, -0.1) is 0 Å². The fourth-order valence-electron chi connectivity index (χ4n) is 0.102. The van der Waals surface area contributed by atoms with E-state index in [2.05, 4.69) is 0 Å². The molecule has 0 bridgehead atoms. The van der Waals surface area contributed by atoms with Crippen molar-refractivity contribution < 1.29 is 52.5 Å². The van der Waals surface area contributed by atoms with Crippen molar-refractivity contribution in [3.8, 4) is 0 Å². The molecular weight excluding hydrogens is 136 g/mol. The molecule has 0 atom stereocenters. The minimum Gasteiger partial charge on any atom is -0.542 e. The van der Waals surface area contributed by atoms with Crippen molar-refractivity contribution in [3.05, 3.63) is 0 Å². The standard InChI is InChI=1S/C4H6O3.Na.H2O/c1-2-3(5)4(6)7;;/h2H2,1H3,(H,6,7);;1H2/q;+1;/p-1/i1+1,2D2;;. The molecule has 0 aliphatic rings. The van der Waals surface area contributed by atoms with Gasteiger partial charge < -0.3 is 15.4 Å². The first kappa shape index (κ1) is 9.10. The number of Topliss-reactive ketones (excluding diaryl/α,β-unsaturated/α-hetero) is 1. The summed E-state index contributed by atoms with van der Waals surface area (Å²) in [5.74, 6) is -3.51. The summed E-state index contributed by atoms with van der Waals surface area (Å²) >= 11 is 0. The van der Waals surface area contributed by atoms with Gasteiger partial charge in [-0.3, -0.25) is 4.79 Å². The maximum absolute atomic E-state index is 10.1. The molecule has 0 aliphatic heterocycles. The van der Waals surface area contributed by atoms with E-state index < -0.39 is 18.1 Å². The largest absolute Gasteiger partial charge is 1.00 e. The fraction of sp³-hybridized carbons (Fsp3) is 0.500. The molecule has 0 aromatic rings. The van der Waals surface area contributed by atoms with E-state index in [1.807, 2.05) is 0 Å². The summed E-state index contributed by atoms with van der Waals surface area (Å²) in [5.41, 5.74) is 0. The zero-order valence-corrected chi connectivity index (χ0v) is 7.22. The Bertz CT molecular complexity index is 153. The van der Waals surface area contributed by atoms with Gasteiger partial charge >= 0.3 is 29.6 Å². The summed E-state index contributed by atoms with van der Waals surface area (Å²) in [6.45, 7) is 0.866. The normalized spacial score (nSPS) is 11.2. The first-order valence-corrected chi connectivity index (χ1v) is 1.61. The van der Waals surface area contributed by atoms with E-state index in [-0.39, 0.29) is 35.0 Å². The molecule has 0 saturated carbocycles. The monoisotopic (exact) mass is 145 g/mol. The summed E-state index contributed by atoms with van der Waals surface area (Å²) in [6, 6.07) is 0. The molecule has 0 spiro atoms. The van der Waals surface area contributed by atoms with E-state index in [0.717, 1.165) is 6.92 Å². The molecule has 0 aliphatic carbocycles. The number of carbonyl (C=O) groups is 2. The van der Waals surface area contributed by atoms with Crippen LogP contribution in [0.5, 0.6) is 0 Å². The maximum atomic E-state index is 10.1. The van der Waals surface area contributed by atoms with E-state index in [9.17, 15) is 14.7 Å². The smallest absolute Gasteiger partial charge is 0.542 e. The van der Waals surface area contributed by atoms with Gasteiger partial charge in [0.1, 0.15) is 5.97 Å². The summed E-state index contributed by atoms with van der Waals surface area (Å²) in [4.78, 5) is 19.8. The average Bonchev–Trinajstić information content (AvgIpc) is 1.62. The molecule has 0 aromatic carbocycles. The number of rotatable bonds is 2. The predicted octanol–water partition coefficient (Wildman–Crippen LogP) is -5.11. The molecule has 0 fully saturated rings. The van der Waals surface area contributed by atoms with Gasteiger partial charge in [-0.25, -0.2) is 0 Å². The Kier molecular flexibility index (Phi) is 8.19. The first-order valence-electron chi connectivity index (χ1n) is 2.61. The molecule has 0 aromatic heterocycles. The Hall–Kier alpha value is 0.100.